The summed E-state index contributed by atoms with van der Waals surface area (Å²) in [4.78, 5) is 9.31. The number of nitrogens with one attached hydrogen (secondary N) is 2. The molecule has 0 radical (unpaired) electrons. The van der Waals surface area contributed by atoms with Gasteiger partial charge in [-0.1, -0.05) is 0 Å². The second kappa shape index (κ2) is 5.99. The monoisotopic (exact) mass is 278 g/mol. The van der Waals surface area contributed by atoms with Crippen LogP contribution in [-0.2, 0) is 0 Å². The van der Waals surface area contributed by atoms with E-state index in [1.807, 2.05) is 11.8 Å². The third-order valence-corrected chi connectivity index (χ3v) is 4.77. The van der Waals surface area contributed by atoms with E-state index in [4.69, 9.17) is 4.98 Å². The van der Waals surface area contributed by atoms with E-state index in [0.717, 1.165) is 24.0 Å². The molecule has 2 heterocycles. The normalized spacial score (nSPS) is 23.1. The minimum Gasteiger partial charge on any atom is -0.370 e. The maximum absolute atomic E-state index is 4.70. The lowest BCUT2D eigenvalue weighted by atomic mass is 10.2. The van der Waals surface area contributed by atoms with Crippen molar-refractivity contribution in [2.24, 2.45) is 0 Å². The molecule has 1 aromatic rings. The van der Waals surface area contributed by atoms with Gasteiger partial charge in [-0.25, -0.2) is 9.97 Å². The fourth-order valence-corrected chi connectivity index (χ4v) is 3.47. The highest BCUT2D eigenvalue weighted by molar-refractivity contribution is 7.99. The molecule has 1 unspecified atom stereocenters. The molecule has 1 aliphatic carbocycles. The quantitative estimate of drug-likeness (QED) is 0.867. The minimum atomic E-state index is 0.565. The first-order chi connectivity index (χ1) is 9.35. The summed E-state index contributed by atoms with van der Waals surface area (Å²) in [5.41, 5.74) is 0. The molecule has 0 aromatic carbocycles. The van der Waals surface area contributed by atoms with Gasteiger partial charge in [-0.2, -0.15) is 11.8 Å². The highest BCUT2D eigenvalue weighted by atomic mass is 32.2. The van der Waals surface area contributed by atoms with E-state index in [9.17, 15) is 0 Å². The summed E-state index contributed by atoms with van der Waals surface area (Å²) in [6.45, 7) is 3.00. The molecule has 3 rings (SSSR count). The van der Waals surface area contributed by atoms with Crippen LogP contribution in [-0.4, -0.2) is 34.1 Å². The molecule has 4 nitrogen and oxygen atoms in total. The third-order valence-electron chi connectivity index (χ3n) is 3.56. The maximum atomic E-state index is 4.70. The number of hydrogen-bond donors (Lipinski definition) is 2. The van der Waals surface area contributed by atoms with Crippen molar-refractivity contribution in [2.75, 3.05) is 28.7 Å². The molecule has 2 aliphatic rings. The minimum absolute atomic E-state index is 0.565. The summed E-state index contributed by atoms with van der Waals surface area (Å²) in [7, 11) is 0. The van der Waals surface area contributed by atoms with Gasteiger partial charge in [0.05, 0.1) is 0 Å². The number of hydrogen-bond acceptors (Lipinski definition) is 5. The topological polar surface area (TPSA) is 49.8 Å². The Balaban J connectivity index is 1.74. The van der Waals surface area contributed by atoms with E-state index in [0.29, 0.717) is 12.0 Å². The average molecular weight is 278 g/mol. The largest absolute Gasteiger partial charge is 0.370 e. The average Bonchev–Trinajstić information content (AvgIpc) is 3.24. The van der Waals surface area contributed by atoms with E-state index in [-0.39, 0.29) is 0 Å². The van der Waals surface area contributed by atoms with Crippen LogP contribution in [0.25, 0.3) is 0 Å². The molecular formula is C14H22N4S. The van der Waals surface area contributed by atoms with Gasteiger partial charge in [-0.3, -0.25) is 0 Å². The Hall–Kier alpha value is -0.970. The highest BCUT2D eigenvalue weighted by Crippen LogP contribution is 2.39. The Morgan fingerprint density at radius 2 is 2.11 bits per heavy atom. The van der Waals surface area contributed by atoms with Crippen molar-refractivity contribution in [3.63, 3.8) is 0 Å². The lowest BCUT2D eigenvalue weighted by Gasteiger charge is -2.23. The molecule has 5 heteroatoms. The summed E-state index contributed by atoms with van der Waals surface area (Å²) in [5.74, 6) is 6.08. The van der Waals surface area contributed by atoms with Crippen molar-refractivity contribution in [3.8, 4) is 0 Å². The van der Waals surface area contributed by atoms with Gasteiger partial charge < -0.3 is 10.6 Å². The van der Waals surface area contributed by atoms with Crippen LogP contribution in [0.4, 0.5) is 11.6 Å². The van der Waals surface area contributed by atoms with Gasteiger partial charge in [0.25, 0.3) is 0 Å². The second-order valence-corrected chi connectivity index (χ2v) is 6.51. The van der Waals surface area contributed by atoms with Gasteiger partial charge in [0, 0.05) is 30.3 Å². The fraction of sp³-hybridized carbons (Fsp3) is 0.714. The van der Waals surface area contributed by atoms with E-state index in [1.165, 1.54) is 37.2 Å². The molecule has 0 spiro atoms. The van der Waals surface area contributed by atoms with Gasteiger partial charge in [0.1, 0.15) is 17.5 Å². The zero-order chi connectivity index (χ0) is 13.1. The molecule has 1 saturated carbocycles. The molecular weight excluding hydrogens is 256 g/mol. The SMILES string of the molecule is CCNc1cc(NC2CCCSC2)nc(C2CC2)n1. The summed E-state index contributed by atoms with van der Waals surface area (Å²) in [6, 6.07) is 2.62. The van der Waals surface area contributed by atoms with E-state index >= 15 is 0 Å². The zero-order valence-corrected chi connectivity index (χ0v) is 12.3. The van der Waals surface area contributed by atoms with Crippen molar-refractivity contribution in [1.29, 1.82) is 0 Å². The van der Waals surface area contributed by atoms with Crippen molar-refractivity contribution >= 4 is 23.4 Å². The van der Waals surface area contributed by atoms with Gasteiger partial charge in [0.2, 0.25) is 0 Å². The first-order valence-corrected chi connectivity index (χ1v) is 8.47. The third kappa shape index (κ3) is 3.53. The van der Waals surface area contributed by atoms with E-state index in [2.05, 4.69) is 28.6 Å². The molecule has 1 aliphatic heterocycles. The van der Waals surface area contributed by atoms with Crippen LogP contribution in [0.2, 0.25) is 0 Å². The standard InChI is InChI=1S/C14H22N4S/c1-2-15-12-8-13(16-11-4-3-7-19-9-11)18-14(17-12)10-5-6-10/h8,10-11H,2-7,9H2,1H3,(H2,15,16,17,18). The van der Waals surface area contributed by atoms with E-state index < -0.39 is 0 Å². The lowest BCUT2D eigenvalue weighted by Crippen LogP contribution is -2.26. The predicted molar refractivity (Wildman–Crippen MR) is 82.1 cm³/mol. The Kier molecular flexibility index (Phi) is 4.11. The van der Waals surface area contributed by atoms with Crippen LogP contribution in [0.3, 0.4) is 0 Å². The van der Waals surface area contributed by atoms with Crippen molar-refractivity contribution in [1.82, 2.24) is 9.97 Å². The van der Waals surface area contributed by atoms with Crippen molar-refractivity contribution in [3.05, 3.63) is 11.9 Å². The number of nitrogens with zero attached hydrogens (tertiary/aromatic N) is 2. The number of thioether (sulfide) groups is 1. The Morgan fingerprint density at radius 1 is 1.26 bits per heavy atom. The molecule has 0 bridgehead atoms. The smallest absolute Gasteiger partial charge is 0.136 e. The maximum Gasteiger partial charge on any atom is 0.136 e. The van der Waals surface area contributed by atoms with Crippen molar-refractivity contribution < 1.29 is 0 Å². The van der Waals surface area contributed by atoms with Crippen LogP contribution >= 0.6 is 11.8 Å². The first-order valence-electron chi connectivity index (χ1n) is 7.32. The first kappa shape index (κ1) is 13.0. The molecule has 1 aromatic heterocycles. The number of anilines is 2. The van der Waals surface area contributed by atoms with Gasteiger partial charge in [-0.15, -0.1) is 0 Å². The summed E-state index contributed by atoms with van der Waals surface area (Å²) in [5, 5.41) is 6.90. The van der Waals surface area contributed by atoms with Crippen LogP contribution < -0.4 is 10.6 Å². The Labute approximate surface area is 119 Å². The Morgan fingerprint density at radius 3 is 2.79 bits per heavy atom. The molecule has 104 valence electrons. The van der Waals surface area contributed by atoms with Gasteiger partial charge >= 0.3 is 0 Å². The van der Waals surface area contributed by atoms with Crippen molar-refractivity contribution in [2.45, 2.75) is 44.6 Å². The highest BCUT2D eigenvalue weighted by Gasteiger charge is 2.27. The summed E-state index contributed by atoms with van der Waals surface area (Å²) < 4.78 is 0. The fourth-order valence-electron chi connectivity index (χ4n) is 2.40. The van der Waals surface area contributed by atoms with Crippen LogP contribution in [0.15, 0.2) is 6.07 Å². The van der Waals surface area contributed by atoms with Crippen LogP contribution in [0, 0.1) is 0 Å². The second-order valence-electron chi connectivity index (χ2n) is 5.36. The number of rotatable bonds is 5. The van der Waals surface area contributed by atoms with Gasteiger partial charge in [-0.05, 0) is 38.4 Å². The Bertz CT molecular complexity index is 427. The number of aromatic nitrogens is 2. The van der Waals surface area contributed by atoms with Crippen LogP contribution in [0.5, 0.6) is 0 Å². The van der Waals surface area contributed by atoms with E-state index in [1.54, 1.807) is 0 Å². The molecule has 2 fully saturated rings. The molecule has 0 amide bonds. The molecule has 2 N–H and O–H groups in total. The van der Waals surface area contributed by atoms with Crippen LogP contribution in [0.1, 0.15) is 44.3 Å². The molecule has 1 saturated heterocycles. The lowest BCUT2D eigenvalue weighted by molar-refractivity contribution is 0.681. The molecule has 19 heavy (non-hydrogen) atoms. The molecule has 1 atom stereocenters. The summed E-state index contributed by atoms with van der Waals surface area (Å²) in [6.07, 6.45) is 5.05. The summed E-state index contributed by atoms with van der Waals surface area (Å²) >= 11 is 2.04. The predicted octanol–water partition coefficient (Wildman–Crippen LogP) is 3.09. The van der Waals surface area contributed by atoms with Gasteiger partial charge in [0.15, 0.2) is 0 Å². The zero-order valence-electron chi connectivity index (χ0n) is 11.5.